The number of aromatic amines is 2. The molecule has 2 aromatic heterocycles. The van der Waals surface area contributed by atoms with Crippen LogP contribution < -0.4 is 10.6 Å². The molecule has 30 heavy (non-hydrogen) atoms. The van der Waals surface area contributed by atoms with Gasteiger partial charge in [-0.1, -0.05) is 0 Å². The lowest BCUT2D eigenvalue weighted by Crippen LogP contribution is -2.51. The molecule has 0 amide bonds. The molecule has 1 saturated heterocycles. The Morgan fingerprint density at radius 3 is 2.90 bits per heavy atom. The minimum Gasteiger partial charge on any atom is -0.399 e. The lowest BCUT2D eigenvalue weighted by Gasteiger charge is -2.40. The molecule has 8 heteroatoms. The molecule has 0 spiro atoms. The summed E-state index contributed by atoms with van der Waals surface area (Å²) in [6.45, 7) is 4.72. The highest BCUT2D eigenvalue weighted by molar-refractivity contribution is 5.94. The Labute approximate surface area is 175 Å². The Morgan fingerprint density at radius 1 is 1.20 bits per heavy atom. The van der Waals surface area contributed by atoms with Gasteiger partial charge in [0.15, 0.2) is 5.82 Å². The average molecular weight is 406 g/mol. The first-order chi connectivity index (χ1) is 14.5. The number of benzene rings is 2. The van der Waals surface area contributed by atoms with Crippen LogP contribution in [0.3, 0.4) is 0 Å². The highest BCUT2D eigenvalue weighted by atomic mass is 16.5. The van der Waals surface area contributed by atoms with Crippen molar-refractivity contribution in [1.82, 2.24) is 25.1 Å². The Hall–Kier alpha value is -3.10. The van der Waals surface area contributed by atoms with Crippen LogP contribution in [0.2, 0.25) is 0 Å². The van der Waals surface area contributed by atoms with Gasteiger partial charge in [0.05, 0.1) is 29.3 Å². The van der Waals surface area contributed by atoms with Crippen LogP contribution in [-0.2, 0) is 4.74 Å². The Bertz CT molecular complexity index is 1190. The van der Waals surface area contributed by atoms with E-state index >= 15 is 0 Å². The molecule has 2 atom stereocenters. The number of rotatable bonds is 4. The van der Waals surface area contributed by atoms with Crippen LogP contribution in [0.25, 0.3) is 33.5 Å². The van der Waals surface area contributed by atoms with Gasteiger partial charge < -0.3 is 25.3 Å². The van der Waals surface area contributed by atoms with Crippen LogP contribution in [-0.4, -0.2) is 71.0 Å². The average Bonchev–Trinajstić information content (AvgIpc) is 3.31. The van der Waals surface area contributed by atoms with Crippen molar-refractivity contribution in [3.05, 3.63) is 36.4 Å². The van der Waals surface area contributed by atoms with Crippen LogP contribution >= 0.6 is 0 Å². The number of imidazole rings is 1. The van der Waals surface area contributed by atoms with E-state index in [1.54, 1.807) is 0 Å². The van der Waals surface area contributed by atoms with Crippen LogP contribution in [0, 0.1) is 0 Å². The van der Waals surface area contributed by atoms with Crippen LogP contribution in [0.5, 0.6) is 0 Å². The van der Waals surface area contributed by atoms with E-state index in [0.717, 1.165) is 53.2 Å². The van der Waals surface area contributed by atoms with Crippen molar-refractivity contribution >= 4 is 33.3 Å². The summed E-state index contributed by atoms with van der Waals surface area (Å²) < 4.78 is 6.02. The number of morpholine rings is 1. The fourth-order valence-corrected chi connectivity index (χ4v) is 4.20. The summed E-state index contributed by atoms with van der Waals surface area (Å²) in [7, 11) is 4.16. The van der Waals surface area contributed by atoms with Gasteiger partial charge in [-0.15, -0.1) is 0 Å². The first-order valence-corrected chi connectivity index (χ1v) is 10.2. The van der Waals surface area contributed by atoms with Gasteiger partial charge >= 0.3 is 0 Å². The summed E-state index contributed by atoms with van der Waals surface area (Å²) in [5, 5.41) is 8.50. The van der Waals surface area contributed by atoms with Crippen molar-refractivity contribution in [2.24, 2.45) is 0 Å². The summed E-state index contributed by atoms with van der Waals surface area (Å²) >= 11 is 0. The van der Waals surface area contributed by atoms with E-state index in [1.165, 1.54) is 5.69 Å². The van der Waals surface area contributed by atoms with Gasteiger partial charge in [-0.25, -0.2) is 4.98 Å². The first-order valence-electron chi connectivity index (χ1n) is 10.2. The molecule has 5 rings (SSSR count). The van der Waals surface area contributed by atoms with E-state index in [0.29, 0.717) is 11.7 Å². The summed E-state index contributed by atoms with van der Waals surface area (Å²) in [6.07, 6.45) is 0.201. The molecule has 4 aromatic rings. The SMILES string of the molecule is CC1COC(CN(C)C)CN1c1ccc2nc(-c3n[nH]c4cc(N)ccc34)[nH]c2c1. The van der Waals surface area contributed by atoms with Crippen LogP contribution in [0.4, 0.5) is 11.4 Å². The topological polar surface area (TPSA) is 99.1 Å². The smallest absolute Gasteiger partial charge is 0.159 e. The fourth-order valence-electron chi connectivity index (χ4n) is 4.20. The Balaban J connectivity index is 1.48. The Morgan fingerprint density at radius 2 is 2.07 bits per heavy atom. The third kappa shape index (κ3) is 3.38. The quantitative estimate of drug-likeness (QED) is 0.452. The lowest BCUT2D eigenvalue weighted by atomic mass is 10.1. The number of hydrogen-bond acceptors (Lipinski definition) is 6. The molecule has 3 heterocycles. The van der Waals surface area contributed by atoms with Gasteiger partial charge in [-0.3, -0.25) is 5.10 Å². The largest absolute Gasteiger partial charge is 0.399 e. The molecule has 1 fully saturated rings. The molecule has 2 unspecified atom stereocenters. The zero-order chi connectivity index (χ0) is 20.8. The fraction of sp³-hybridized carbons (Fsp3) is 0.364. The summed E-state index contributed by atoms with van der Waals surface area (Å²) in [4.78, 5) is 12.8. The molecule has 4 N–H and O–H groups in total. The zero-order valence-electron chi connectivity index (χ0n) is 17.5. The zero-order valence-corrected chi connectivity index (χ0v) is 17.5. The number of hydrogen-bond donors (Lipinski definition) is 3. The van der Waals surface area contributed by atoms with E-state index in [1.807, 2.05) is 18.2 Å². The highest BCUT2D eigenvalue weighted by Gasteiger charge is 2.27. The van der Waals surface area contributed by atoms with E-state index in [-0.39, 0.29) is 6.10 Å². The number of fused-ring (bicyclic) bond motifs is 2. The number of ether oxygens (including phenoxy) is 1. The molecule has 2 aromatic carbocycles. The van der Waals surface area contributed by atoms with E-state index < -0.39 is 0 Å². The number of anilines is 2. The minimum absolute atomic E-state index is 0.201. The van der Waals surface area contributed by atoms with Crippen molar-refractivity contribution < 1.29 is 4.74 Å². The molecule has 1 aliphatic heterocycles. The van der Waals surface area contributed by atoms with Gasteiger partial charge in [0.25, 0.3) is 0 Å². The monoisotopic (exact) mass is 405 g/mol. The van der Waals surface area contributed by atoms with Crippen molar-refractivity contribution in [1.29, 1.82) is 0 Å². The number of aromatic nitrogens is 4. The summed E-state index contributed by atoms with van der Waals surface area (Å²) in [5.41, 5.74) is 11.4. The molecule has 0 saturated carbocycles. The Kier molecular flexibility index (Phi) is 4.60. The van der Waals surface area contributed by atoms with E-state index in [9.17, 15) is 0 Å². The highest BCUT2D eigenvalue weighted by Crippen LogP contribution is 2.30. The second kappa shape index (κ2) is 7.30. The second-order valence-corrected chi connectivity index (χ2v) is 8.38. The predicted octanol–water partition coefficient (Wildman–Crippen LogP) is 2.84. The molecule has 0 bridgehead atoms. The van der Waals surface area contributed by atoms with E-state index in [2.05, 4.69) is 64.2 Å². The van der Waals surface area contributed by atoms with Crippen molar-refractivity contribution in [2.75, 3.05) is 44.4 Å². The lowest BCUT2D eigenvalue weighted by molar-refractivity contribution is 0.00880. The molecular weight excluding hydrogens is 378 g/mol. The van der Waals surface area contributed by atoms with E-state index in [4.69, 9.17) is 15.5 Å². The number of likely N-dealkylation sites (N-methyl/N-ethyl adjacent to an activating group) is 1. The molecule has 1 aliphatic rings. The van der Waals surface area contributed by atoms with Gasteiger partial charge in [-0.05, 0) is 57.4 Å². The second-order valence-electron chi connectivity index (χ2n) is 8.38. The van der Waals surface area contributed by atoms with Crippen LogP contribution in [0.1, 0.15) is 6.92 Å². The molecule has 0 aliphatic carbocycles. The maximum absolute atomic E-state index is 6.02. The number of nitrogens with two attached hydrogens (primary N) is 1. The van der Waals surface area contributed by atoms with Gasteiger partial charge in [0.1, 0.15) is 5.69 Å². The minimum atomic E-state index is 0.201. The normalized spacial score (nSPS) is 19.9. The third-order valence-electron chi connectivity index (χ3n) is 5.68. The summed E-state index contributed by atoms with van der Waals surface area (Å²) in [5.74, 6) is 0.749. The third-order valence-corrected chi connectivity index (χ3v) is 5.68. The predicted molar refractivity (Wildman–Crippen MR) is 121 cm³/mol. The number of H-pyrrole nitrogens is 2. The number of nitrogen functional groups attached to an aromatic ring is 1. The first kappa shape index (κ1) is 18.9. The number of nitrogens with one attached hydrogen (secondary N) is 2. The number of nitrogens with zero attached hydrogens (tertiary/aromatic N) is 4. The van der Waals surface area contributed by atoms with Gasteiger partial charge in [0, 0.05) is 35.9 Å². The van der Waals surface area contributed by atoms with Crippen molar-refractivity contribution in [3.63, 3.8) is 0 Å². The van der Waals surface area contributed by atoms with Crippen LogP contribution in [0.15, 0.2) is 36.4 Å². The maximum Gasteiger partial charge on any atom is 0.159 e. The molecular formula is C22H27N7O. The van der Waals surface area contributed by atoms with Crippen molar-refractivity contribution in [2.45, 2.75) is 19.1 Å². The molecule has 156 valence electrons. The maximum atomic E-state index is 6.02. The molecule has 8 nitrogen and oxygen atoms in total. The van der Waals surface area contributed by atoms with Crippen molar-refractivity contribution in [3.8, 4) is 11.5 Å². The summed E-state index contributed by atoms with van der Waals surface area (Å²) in [6, 6.07) is 12.5. The van der Waals surface area contributed by atoms with Gasteiger partial charge in [0.2, 0.25) is 0 Å². The van der Waals surface area contributed by atoms with Gasteiger partial charge in [-0.2, -0.15) is 5.10 Å². The standard InChI is InChI=1S/C22H27N7O/c1-13-12-30-16(10-28(2)3)11-29(13)15-5-7-18-20(9-15)25-22(24-18)21-17-6-4-14(23)8-19(17)26-27-21/h4-9,13,16H,10-12,23H2,1-3H3,(H,24,25)(H,26,27). The molecule has 0 radical (unpaired) electrons.